The Morgan fingerprint density at radius 3 is 2.72 bits per heavy atom. The molecule has 1 aromatic carbocycles. The molecule has 18 heavy (non-hydrogen) atoms. The number of benzene rings is 1. The van der Waals surface area contributed by atoms with Crippen molar-refractivity contribution in [3.05, 3.63) is 52.7 Å². The summed E-state index contributed by atoms with van der Waals surface area (Å²) in [6.07, 6.45) is 1.79. The van der Waals surface area contributed by atoms with Crippen LogP contribution in [0.5, 0.6) is 5.88 Å². The molecule has 2 aromatic rings. The summed E-state index contributed by atoms with van der Waals surface area (Å²) >= 11 is 6.15. The molecule has 0 aliphatic rings. The zero-order chi connectivity index (χ0) is 13.0. The van der Waals surface area contributed by atoms with Gasteiger partial charge in [0.15, 0.2) is 0 Å². The Balaban J connectivity index is 2.06. The van der Waals surface area contributed by atoms with E-state index in [1.54, 1.807) is 13.3 Å². The van der Waals surface area contributed by atoms with Crippen LogP contribution in [0.2, 0.25) is 5.02 Å². The number of hydrogen-bond donors (Lipinski definition) is 1. The molecule has 0 radical (unpaired) electrons. The van der Waals surface area contributed by atoms with Gasteiger partial charge in [-0.25, -0.2) is 4.98 Å². The summed E-state index contributed by atoms with van der Waals surface area (Å²) in [7, 11) is 1.60. The van der Waals surface area contributed by atoms with E-state index in [4.69, 9.17) is 16.3 Å². The summed E-state index contributed by atoms with van der Waals surface area (Å²) in [5, 5.41) is 4.06. The molecule has 3 nitrogen and oxygen atoms in total. The summed E-state index contributed by atoms with van der Waals surface area (Å²) in [6.45, 7) is 2.71. The van der Waals surface area contributed by atoms with Crippen LogP contribution >= 0.6 is 11.6 Å². The smallest absolute Gasteiger partial charge is 0.212 e. The number of aromatic nitrogens is 1. The molecule has 0 saturated heterocycles. The SMILES string of the molecule is COc1ccc(CNc2c(C)cccc2Cl)cn1. The fraction of sp³-hybridized carbons (Fsp3) is 0.214. The summed E-state index contributed by atoms with van der Waals surface area (Å²) in [4.78, 5) is 4.16. The quantitative estimate of drug-likeness (QED) is 0.913. The molecule has 0 saturated carbocycles. The van der Waals surface area contributed by atoms with Crippen molar-refractivity contribution in [3.8, 4) is 5.88 Å². The van der Waals surface area contributed by atoms with Crippen molar-refractivity contribution in [1.82, 2.24) is 4.98 Å². The van der Waals surface area contributed by atoms with Crippen molar-refractivity contribution in [2.75, 3.05) is 12.4 Å². The first-order valence-electron chi connectivity index (χ1n) is 5.68. The second kappa shape index (κ2) is 5.74. The van der Waals surface area contributed by atoms with Crippen LogP contribution in [0.15, 0.2) is 36.5 Å². The molecule has 2 rings (SSSR count). The van der Waals surface area contributed by atoms with Crippen LogP contribution in [0, 0.1) is 6.92 Å². The average Bonchev–Trinajstić information content (AvgIpc) is 2.39. The van der Waals surface area contributed by atoms with E-state index in [9.17, 15) is 0 Å². The van der Waals surface area contributed by atoms with E-state index in [0.717, 1.165) is 21.8 Å². The highest BCUT2D eigenvalue weighted by atomic mass is 35.5. The Bertz CT molecular complexity index is 506. The van der Waals surface area contributed by atoms with Gasteiger partial charge >= 0.3 is 0 Å². The first-order chi connectivity index (χ1) is 8.70. The van der Waals surface area contributed by atoms with Gasteiger partial charge in [-0.2, -0.15) is 0 Å². The highest BCUT2D eigenvalue weighted by molar-refractivity contribution is 6.33. The number of nitrogens with one attached hydrogen (secondary N) is 1. The molecule has 4 heteroatoms. The Hall–Kier alpha value is -1.74. The molecular weight excluding hydrogens is 248 g/mol. The lowest BCUT2D eigenvalue weighted by molar-refractivity contribution is 0.397. The van der Waals surface area contributed by atoms with E-state index in [2.05, 4.69) is 10.3 Å². The minimum absolute atomic E-state index is 0.618. The largest absolute Gasteiger partial charge is 0.481 e. The third-order valence-corrected chi connectivity index (χ3v) is 3.01. The normalized spacial score (nSPS) is 10.2. The van der Waals surface area contributed by atoms with Crippen LogP contribution in [-0.4, -0.2) is 12.1 Å². The highest BCUT2D eigenvalue weighted by Crippen LogP contribution is 2.25. The molecule has 1 heterocycles. The summed E-state index contributed by atoms with van der Waals surface area (Å²) in [5.41, 5.74) is 3.18. The van der Waals surface area contributed by atoms with Gasteiger partial charge in [-0.1, -0.05) is 29.8 Å². The molecule has 0 aliphatic heterocycles. The number of rotatable bonds is 4. The number of pyridine rings is 1. The number of anilines is 1. The fourth-order valence-electron chi connectivity index (χ4n) is 1.68. The lowest BCUT2D eigenvalue weighted by atomic mass is 10.2. The van der Waals surface area contributed by atoms with Crippen molar-refractivity contribution in [3.63, 3.8) is 0 Å². The van der Waals surface area contributed by atoms with Crippen molar-refractivity contribution in [2.45, 2.75) is 13.5 Å². The molecule has 0 fully saturated rings. The van der Waals surface area contributed by atoms with Gasteiger partial charge in [-0.15, -0.1) is 0 Å². The molecule has 0 unspecified atom stereocenters. The Morgan fingerprint density at radius 2 is 2.11 bits per heavy atom. The Kier molecular flexibility index (Phi) is 4.05. The van der Waals surface area contributed by atoms with Crippen LogP contribution in [-0.2, 0) is 6.54 Å². The number of aryl methyl sites for hydroxylation is 1. The van der Waals surface area contributed by atoms with E-state index in [1.165, 1.54) is 0 Å². The zero-order valence-electron chi connectivity index (χ0n) is 10.4. The molecule has 1 N–H and O–H groups in total. The molecule has 0 spiro atoms. The van der Waals surface area contributed by atoms with E-state index in [-0.39, 0.29) is 0 Å². The van der Waals surface area contributed by atoms with Gasteiger partial charge in [0.25, 0.3) is 0 Å². The molecule has 0 aliphatic carbocycles. The Labute approximate surface area is 112 Å². The Morgan fingerprint density at radius 1 is 1.28 bits per heavy atom. The van der Waals surface area contributed by atoms with E-state index >= 15 is 0 Å². The molecule has 0 atom stereocenters. The van der Waals surface area contributed by atoms with Crippen LogP contribution in [0.25, 0.3) is 0 Å². The number of halogens is 1. The molecule has 1 aromatic heterocycles. The van der Waals surface area contributed by atoms with Gasteiger partial charge in [0.2, 0.25) is 5.88 Å². The molecule has 0 amide bonds. The van der Waals surface area contributed by atoms with Gasteiger partial charge in [-0.05, 0) is 24.1 Å². The van der Waals surface area contributed by atoms with Gasteiger partial charge in [0.1, 0.15) is 0 Å². The average molecular weight is 263 g/mol. The van der Waals surface area contributed by atoms with Crippen molar-refractivity contribution < 1.29 is 4.74 Å². The van der Waals surface area contributed by atoms with Crippen LogP contribution in [0.1, 0.15) is 11.1 Å². The second-order valence-corrected chi connectivity index (χ2v) is 4.40. The second-order valence-electron chi connectivity index (χ2n) is 3.99. The maximum absolute atomic E-state index is 6.15. The van der Waals surface area contributed by atoms with Crippen molar-refractivity contribution >= 4 is 17.3 Å². The molecule has 94 valence electrons. The van der Waals surface area contributed by atoms with Crippen molar-refractivity contribution in [2.24, 2.45) is 0 Å². The predicted octanol–water partition coefficient (Wildman–Crippen LogP) is 3.66. The molecule has 0 bridgehead atoms. The monoisotopic (exact) mass is 262 g/mol. The summed E-state index contributed by atoms with van der Waals surface area (Å²) in [5.74, 6) is 0.618. The number of para-hydroxylation sites is 1. The summed E-state index contributed by atoms with van der Waals surface area (Å²) < 4.78 is 5.02. The third-order valence-electron chi connectivity index (χ3n) is 2.70. The topological polar surface area (TPSA) is 34.1 Å². The van der Waals surface area contributed by atoms with Gasteiger partial charge in [0.05, 0.1) is 17.8 Å². The zero-order valence-corrected chi connectivity index (χ0v) is 11.2. The van der Waals surface area contributed by atoms with Gasteiger partial charge < -0.3 is 10.1 Å². The minimum Gasteiger partial charge on any atom is -0.481 e. The van der Waals surface area contributed by atoms with E-state index in [1.807, 2.05) is 37.3 Å². The first kappa shape index (κ1) is 12.7. The van der Waals surface area contributed by atoms with Gasteiger partial charge in [0, 0.05) is 18.8 Å². The third kappa shape index (κ3) is 2.93. The van der Waals surface area contributed by atoms with E-state index < -0.39 is 0 Å². The van der Waals surface area contributed by atoms with Crippen LogP contribution < -0.4 is 10.1 Å². The van der Waals surface area contributed by atoms with Gasteiger partial charge in [-0.3, -0.25) is 0 Å². The number of methoxy groups -OCH3 is 1. The maximum atomic E-state index is 6.15. The lowest BCUT2D eigenvalue weighted by Crippen LogP contribution is -2.02. The van der Waals surface area contributed by atoms with Crippen LogP contribution in [0.3, 0.4) is 0 Å². The van der Waals surface area contributed by atoms with Crippen molar-refractivity contribution in [1.29, 1.82) is 0 Å². The predicted molar refractivity (Wildman–Crippen MR) is 74.3 cm³/mol. The number of ether oxygens (including phenoxy) is 1. The number of nitrogens with zero attached hydrogens (tertiary/aromatic N) is 1. The summed E-state index contributed by atoms with van der Waals surface area (Å²) in [6, 6.07) is 9.67. The minimum atomic E-state index is 0.618. The van der Waals surface area contributed by atoms with Crippen LogP contribution in [0.4, 0.5) is 5.69 Å². The highest BCUT2D eigenvalue weighted by Gasteiger charge is 2.03. The maximum Gasteiger partial charge on any atom is 0.212 e. The number of hydrogen-bond acceptors (Lipinski definition) is 3. The molecular formula is C14H15ClN2O. The first-order valence-corrected chi connectivity index (χ1v) is 6.06. The standard InChI is InChI=1S/C14H15ClN2O/c1-10-4-3-5-12(15)14(10)17-9-11-6-7-13(18-2)16-8-11/h3-8,17H,9H2,1-2H3. The fourth-order valence-corrected chi connectivity index (χ4v) is 1.97. The van der Waals surface area contributed by atoms with E-state index in [0.29, 0.717) is 12.4 Å². The lowest BCUT2D eigenvalue weighted by Gasteiger charge is -2.11.